The molecule has 2 aromatic rings. The Labute approximate surface area is 175 Å². The standard InChI is InChI=1S/C19H24FN3OS.HI/c1-13-4-6-15(18(8-13)25-3)11-23-19(21-2)22-10-14-5-7-17(20)16(9-14)12-24;/h4-9,24H,10-12H2,1-3H3,(H2,21,22,23);1H. The first-order valence-electron chi connectivity index (χ1n) is 8.03. The van der Waals surface area contributed by atoms with Crippen LogP contribution in [0.3, 0.4) is 0 Å². The second-order valence-corrected chi connectivity index (χ2v) is 6.53. The van der Waals surface area contributed by atoms with Gasteiger partial charge in [-0.15, -0.1) is 35.7 Å². The first kappa shape index (κ1) is 22.7. The van der Waals surface area contributed by atoms with Gasteiger partial charge in [0.05, 0.1) is 6.61 Å². The topological polar surface area (TPSA) is 56.7 Å². The molecular weight excluding hydrogens is 464 g/mol. The van der Waals surface area contributed by atoms with Crippen molar-refractivity contribution in [3.63, 3.8) is 0 Å². The predicted molar refractivity (Wildman–Crippen MR) is 118 cm³/mol. The summed E-state index contributed by atoms with van der Waals surface area (Å²) in [6.45, 7) is 2.94. The Morgan fingerprint density at radius 3 is 2.50 bits per heavy atom. The Bertz CT molecular complexity index is 756. The average molecular weight is 489 g/mol. The van der Waals surface area contributed by atoms with Crippen LogP contribution in [0.15, 0.2) is 46.3 Å². The third kappa shape index (κ3) is 6.44. The zero-order valence-corrected chi connectivity index (χ0v) is 18.3. The molecule has 0 saturated heterocycles. The molecule has 2 aromatic carbocycles. The van der Waals surface area contributed by atoms with Crippen LogP contribution in [0, 0.1) is 12.7 Å². The predicted octanol–water partition coefficient (Wildman–Crippen LogP) is 3.83. The molecule has 0 fully saturated rings. The average Bonchev–Trinajstić information content (AvgIpc) is 2.63. The summed E-state index contributed by atoms with van der Waals surface area (Å²) in [5, 5.41) is 15.6. The van der Waals surface area contributed by atoms with Crippen molar-refractivity contribution in [2.75, 3.05) is 13.3 Å². The lowest BCUT2D eigenvalue weighted by atomic mass is 10.1. The van der Waals surface area contributed by atoms with Gasteiger partial charge in [-0.05, 0) is 48.1 Å². The van der Waals surface area contributed by atoms with Crippen LogP contribution in [0.1, 0.15) is 22.3 Å². The Morgan fingerprint density at radius 1 is 1.12 bits per heavy atom. The van der Waals surface area contributed by atoms with Crippen LogP contribution >= 0.6 is 35.7 Å². The summed E-state index contributed by atoms with van der Waals surface area (Å²) in [4.78, 5) is 5.46. The van der Waals surface area contributed by atoms with Gasteiger partial charge in [-0.25, -0.2) is 4.39 Å². The van der Waals surface area contributed by atoms with E-state index in [9.17, 15) is 4.39 Å². The summed E-state index contributed by atoms with van der Waals surface area (Å²) in [5.74, 6) is 0.278. The fourth-order valence-electron chi connectivity index (χ4n) is 2.44. The van der Waals surface area contributed by atoms with E-state index in [1.165, 1.54) is 22.1 Å². The zero-order valence-electron chi connectivity index (χ0n) is 15.2. The maximum Gasteiger partial charge on any atom is 0.191 e. The number of aliphatic hydroxyl groups excluding tert-OH is 1. The van der Waals surface area contributed by atoms with Gasteiger partial charge in [0, 0.05) is 30.6 Å². The minimum atomic E-state index is -0.391. The molecule has 0 spiro atoms. The largest absolute Gasteiger partial charge is 0.392 e. The molecule has 7 heteroatoms. The zero-order chi connectivity index (χ0) is 18.2. The molecule has 0 aliphatic heterocycles. The first-order valence-corrected chi connectivity index (χ1v) is 9.26. The van der Waals surface area contributed by atoms with Gasteiger partial charge in [0.25, 0.3) is 0 Å². The highest BCUT2D eigenvalue weighted by Gasteiger charge is 2.06. The highest BCUT2D eigenvalue weighted by molar-refractivity contribution is 14.0. The molecule has 0 aliphatic rings. The summed E-state index contributed by atoms with van der Waals surface area (Å²) < 4.78 is 13.4. The number of hydrogen-bond acceptors (Lipinski definition) is 3. The van der Waals surface area contributed by atoms with Crippen molar-refractivity contribution < 1.29 is 9.50 Å². The number of aryl methyl sites for hydroxylation is 1. The molecule has 0 bridgehead atoms. The number of hydrogen-bond donors (Lipinski definition) is 3. The third-order valence-electron chi connectivity index (χ3n) is 3.85. The highest BCUT2D eigenvalue weighted by atomic mass is 127. The van der Waals surface area contributed by atoms with Gasteiger partial charge in [-0.1, -0.05) is 18.2 Å². The second-order valence-electron chi connectivity index (χ2n) is 5.68. The van der Waals surface area contributed by atoms with Crippen LogP contribution < -0.4 is 10.6 Å². The molecule has 4 nitrogen and oxygen atoms in total. The lowest BCUT2D eigenvalue weighted by molar-refractivity contribution is 0.275. The Balaban J connectivity index is 0.00000338. The summed E-state index contributed by atoms with van der Waals surface area (Å²) >= 11 is 1.73. The Hall–Kier alpha value is -1.32. The fourth-order valence-corrected chi connectivity index (χ4v) is 3.15. The minimum absolute atomic E-state index is 0. The van der Waals surface area contributed by atoms with E-state index in [4.69, 9.17) is 5.11 Å². The van der Waals surface area contributed by atoms with E-state index in [2.05, 4.69) is 47.0 Å². The molecule has 0 saturated carbocycles. The fraction of sp³-hybridized carbons (Fsp3) is 0.316. The number of halogens is 2. The lowest BCUT2D eigenvalue weighted by Crippen LogP contribution is -2.36. The molecular formula is C19H25FIN3OS. The van der Waals surface area contributed by atoms with Gasteiger partial charge >= 0.3 is 0 Å². The van der Waals surface area contributed by atoms with Crippen molar-refractivity contribution in [1.29, 1.82) is 0 Å². The summed E-state index contributed by atoms with van der Waals surface area (Å²) in [7, 11) is 1.71. The molecule has 26 heavy (non-hydrogen) atoms. The number of guanidine groups is 1. The number of nitrogens with zero attached hydrogens (tertiary/aromatic N) is 1. The van der Waals surface area contributed by atoms with Crippen LogP contribution in [-0.4, -0.2) is 24.4 Å². The molecule has 0 atom stereocenters. The third-order valence-corrected chi connectivity index (χ3v) is 4.67. The summed E-state index contributed by atoms with van der Waals surface area (Å²) in [5.41, 5.74) is 3.64. The van der Waals surface area contributed by atoms with Gasteiger partial charge < -0.3 is 15.7 Å². The van der Waals surface area contributed by atoms with Crippen molar-refractivity contribution in [3.8, 4) is 0 Å². The number of benzene rings is 2. The summed E-state index contributed by atoms with van der Waals surface area (Å²) in [6.07, 6.45) is 2.07. The number of rotatable bonds is 6. The van der Waals surface area contributed by atoms with Crippen LogP contribution in [0.4, 0.5) is 4.39 Å². The molecule has 0 aromatic heterocycles. The molecule has 0 amide bonds. The molecule has 2 rings (SSSR count). The molecule has 0 heterocycles. The normalized spacial score (nSPS) is 11.0. The number of aliphatic hydroxyl groups is 1. The van der Waals surface area contributed by atoms with E-state index in [-0.39, 0.29) is 30.6 Å². The number of thioether (sulfide) groups is 1. The molecule has 0 radical (unpaired) electrons. The smallest absolute Gasteiger partial charge is 0.191 e. The Morgan fingerprint density at radius 2 is 1.85 bits per heavy atom. The monoisotopic (exact) mass is 489 g/mol. The van der Waals surface area contributed by atoms with E-state index in [1.54, 1.807) is 30.9 Å². The van der Waals surface area contributed by atoms with Gasteiger partial charge in [0.15, 0.2) is 5.96 Å². The van der Waals surface area contributed by atoms with Crippen LogP contribution in [0.5, 0.6) is 0 Å². The van der Waals surface area contributed by atoms with Crippen molar-refractivity contribution in [2.45, 2.75) is 31.5 Å². The van der Waals surface area contributed by atoms with E-state index >= 15 is 0 Å². The van der Waals surface area contributed by atoms with Crippen LogP contribution in [0.2, 0.25) is 0 Å². The van der Waals surface area contributed by atoms with Gasteiger partial charge in [0.2, 0.25) is 0 Å². The Kier molecular flexibility index (Phi) is 9.97. The van der Waals surface area contributed by atoms with E-state index < -0.39 is 5.82 Å². The van der Waals surface area contributed by atoms with Gasteiger partial charge in [-0.2, -0.15) is 0 Å². The molecule has 142 valence electrons. The molecule has 0 unspecified atom stereocenters. The van der Waals surface area contributed by atoms with Gasteiger partial charge in [-0.3, -0.25) is 4.99 Å². The van der Waals surface area contributed by atoms with E-state index in [0.717, 1.165) is 5.56 Å². The highest BCUT2D eigenvalue weighted by Crippen LogP contribution is 2.21. The maximum atomic E-state index is 13.4. The molecule has 0 aliphatic carbocycles. The summed E-state index contributed by atoms with van der Waals surface area (Å²) in [6, 6.07) is 11.1. The minimum Gasteiger partial charge on any atom is -0.392 e. The van der Waals surface area contributed by atoms with Crippen molar-refractivity contribution in [3.05, 3.63) is 64.5 Å². The number of nitrogens with one attached hydrogen (secondary N) is 2. The van der Waals surface area contributed by atoms with Gasteiger partial charge in [0.1, 0.15) is 5.82 Å². The van der Waals surface area contributed by atoms with Crippen molar-refractivity contribution in [2.24, 2.45) is 4.99 Å². The van der Waals surface area contributed by atoms with Crippen LogP contribution in [0.25, 0.3) is 0 Å². The van der Waals surface area contributed by atoms with Crippen molar-refractivity contribution in [1.82, 2.24) is 10.6 Å². The van der Waals surface area contributed by atoms with E-state index in [0.29, 0.717) is 24.6 Å². The van der Waals surface area contributed by atoms with E-state index in [1.807, 2.05) is 0 Å². The lowest BCUT2D eigenvalue weighted by Gasteiger charge is -2.14. The quantitative estimate of drug-likeness (QED) is 0.250. The number of aliphatic imine (C=N–C) groups is 1. The SMILES string of the molecule is CN=C(NCc1ccc(F)c(CO)c1)NCc1ccc(C)cc1SC.I. The maximum absolute atomic E-state index is 13.4. The van der Waals surface area contributed by atoms with Crippen molar-refractivity contribution >= 4 is 41.7 Å². The first-order chi connectivity index (χ1) is 12.1. The second kappa shape index (κ2) is 11.4. The molecule has 3 N–H and O–H groups in total. The van der Waals surface area contributed by atoms with Crippen LogP contribution in [-0.2, 0) is 19.7 Å².